The molecule has 0 radical (unpaired) electrons. The molecule has 0 spiro atoms. The summed E-state index contributed by atoms with van der Waals surface area (Å²) in [4.78, 5) is 24.6. The highest BCUT2D eigenvalue weighted by Crippen LogP contribution is 2.16. The molecule has 3 aromatic rings. The second kappa shape index (κ2) is 10.1. The average molecular weight is 404 g/mol. The van der Waals surface area contributed by atoms with Crippen molar-refractivity contribution in [2.75, 3.05) is 0 Å². The fraction of sp³-hybridized carbons (Fsp3) is 0.167. The van der Waals surface area contributed by atoms with Crippen molar-refractivity contribution in [3.63, 3.8) is 0 Å². The molecule has 0 aromatic heterocycles. The summed E-state index contributed by atoms with van der Waals surface area (Å²) in [5, 5.41) is 0. The normalized spacial score (nSPS) is 10.4. The van der Waals surface area contributed by atoms with Crippen LogP contribution in [0, 0.1) is 0 Å². The molecule has 0 aliphatic carbocycles. The van der Waals surface area contributed by atoms with Crippen LogP contribution in [0.1, 0.15) is 40.1 Å². The van der Waals surface area contributed by atoms with Crippen molar-refractivity contribution in [3.8, 4) is 11.5 Å². The summed E-state index contributed by atoms with van der Waals surface area (Å²) in [6, 6.07) is 23.3. The minimum absolute atomic E-state index is 0.00246. The highest BCUT2D eigenvalue weighted by Gasteiger charge is 2.10. The minimum atomic E-state index is -0.430. The molecule has 0 saturated heterocycles. The van der Waals surface area contributed by atoms with Gasteiger partial charge < -0.3 is 9.47 Å². The second-order valence-electron chi connectivity index (χ2n) is 6.90. The van der Waals surface area contributed by atoms with Crippen LogP contribution in [0.25, 0.3) is 0 Å². The maximum absolute atomic E-state index is 12.3. The van der Waals surface area contributed by atoms with Crippen LogP contribution in [0.2, 0.25) is 0 Å². The van der Waals surface area contributed by atoms with Gasteiger partial charge in [0.15, 0.2) is 0 Å². The van der Waals surface area contributed by atoms with E-state index in [9.17, 15) is 9.59 Å². The zero-order valence-corrected chi connectivity index (χ0v) is 16.9. The monoisotopic (exact) mass is 404 g/mol. The number of benzene rings is 3. The summed E-state index contributed by atoms with van der Waals surface area (Å²) >= 11 is 0. The predicted octanol–water partition coefficient (Wildman–Crippen LogP) is 4.13. The first kappa shape index (κ1) is 20.9. The van der Waals surface area contributed by atoms with E-state index < -0.39 is 11.8 Å². The Kier molecular flexibility index (Phi) is 7.05. The summed E-state index contributed by atoms with van der Waals surface area (Å²) in [5.41, 5.74) is 6.68. The first-order chi connectivity index (χ1) is 14.5. The fourth-order valence-electron chi connectivity index (χ4n) is 2.68. The number of carbonyl (C=O) groups excluding carboxylic acids is 2. The maximum atomic E-state index is 12.3. The molecule has 0 saturated carbocycles. The minimum Gasteiger partial charge on any atom is -0.491 e. The van der Waals surface area contributed by atoms with Gasteiger partial charge in [-0.25, -0.2) is 0 Å². The number of carbonyl (C=O) groups is 2. The van der Waals surface area contributed by atoms with Gasteiger partial charge in [-0.2, -0.15) is 0 Å². The number of hydrazine groups is 1. The van der Waals surface area contributed by atoms with Crippen molar-refractivity contribution in [2.24, 2.45) is 0 Å². The molecule has 0 aliphatic rings. The van der Waals surface area contributed by atoms with Crippen LogP contribution in [0.15, 0.2) is 78.9 Å². The van der Waals surface area contributed by atoms with Crippen molar-refractivity contribution in [3.05, 3.63) is 95.6 Å². The number of nitrogens with one attached hydrogen (secondary N) is 2. The smallest absolute Gasteiger partial charge is 0.269 e. The van der Waals surface area contributed by atoms with Crippen LogP contribution in [0.3, 0.4) is 0 Å². The lowest BCUT2D eigenvalue weighted by Gasteiger charge is -2.11. The van der Waals surface area contributed by atoms with Crippen LogP contribution in [0.4, 0.5) is 0 Å². The van der Waals surface area contributed by atoms with E-state index in [1.54, 1.807) is 48.5 Å². The van der Waals surface area contributed by atoms with Gasteiger partial charge in [-0.1, -0.05) is 36.4 Å². The van der Waals surface area contributed by atoms with Gasteiger partial charge >= 0.3 is 0 Å². The summed E-state index contributed by atoms with van der Waals surface area (Å²) in [5.74, 6) is 0.393. The predicted molar refractivity (Wildman–Crippen MR) is 114 cm³/mol. The van der Waals surface area contributed by atoms with E-state index in [0.29, 0.717) is 29.2 Å². The number of ether oxygens (including phenoxy) is 2. The van der Waals surface area contributed by atoms with Crippen LogP contribution < -0.4 is 20.3 Å². The molecule has 2 amide bonds. The standard InChI is InChI=1S/C24H24N2O4/c1-17(2)30-22-10-6-9-20(15-22)24(28)26-25-23(27)19-11-13-21(14-12-19)29-16-18-7-4-3-5-8-18/h3-15,17H,16H2,1-2H3,(H,25,27)(H,26,28). The Balaban J connectivity index is 1.51. The van der Waals surface area contributed by atoms with Gasteiger partial charge in [0.25, 0.3) is 11.8 Å². The molecule has 3 rings (SSSR count). The third-order valence-electron chi connectivity index (χ3n) is 4.12. The topological polar surface area (TPSA) is 76.7 Å². The van der Waals surface area contributed by atoms with Crippen molar-refractivity contribution in [2.45, 2.75) is 26.6 Å². The average Bonchev–Trinajstić information content (AvgIpc) is 2.76. The third kappa shape index (κ3) is 6.10. The lowest BCUT2D eigenvalue weighted by atomic mass is 10.2. The number of rotatable bonds is 7. The van der Waals surface area contributed by atoms with E-state index in [2.05, 4.69) is 10.9 Å². The molecular formula is C24H24N2O4. The quantitative estimate of drug-likeness (QED) is 0.581. The highest BCUT2D eigenvalue weighted by molar-refractivity contribution is 5.99. The Hall–Kier alpha value is -3.80. The van der Waals surface area contributed by atoms with Gasteiger partial charge in [-0.05, 0) is 61.9 Å². The summed E-state index contributed by atoms with van der Waals surface area (Å²) in [6.07, 6.45) is 0.00246. The molecule has 2 N–H and O–H groups in total. The molecular weight excluding hydrogens is 380 g/mol. The van der Waals surface area contributed by atoms with Gasteiger partial charge in [-0.3, -0.25) is 20.4 Å². The molecule has 3 aromatic carbocycles. The van der Waals surface area contributed by atoms with Crippen LogP contribution in [-0.4, -0.2) is 17.9 Å². The van der Waals surface area contributed by atoms with E-state index in [1.165, 1.54) is 0 Å². The molecule has 30 heavy (non-hydrogen) atoms. The van der Waals surface area contributed by atoms with Crippen molar-refractivity contribution in [1.29, 1.82) is 0 Å². The van der Waals surface area contributed by atoms with E-state index in [4.69, 9.17) is 9.47 Å². The zero-order chi connectivity index (χ0) is 21.3. The van der Waals surface area contributed by atoms with Gasteiger partial charge in [0.2, 0.25) is 0 Å². The Morgan fingerprint density at radius 3 is 2.10 bits per heavy atom. The summed E-state index contributed by atoms with van der Waals surface area (Å²) < 4.78 is 11.3. The largest absolute Gasteiger partial charge is 0.491 e. The Labute approximate surface area is 175 Å². The summed E-state index contributed by atoms with van der Waals surface area (Å²) in [6.45, 7) is 4.26. The SMILES string of the molecule is CC(C)Oc1cccc(C(=O)NNC(=O)c2ccc(OCc3ccccc3)cc2)c1. The number of hydrogen-bond donors (Lipinski definition) is 2. The van der Waals surface area contributed by atoms with Gasteiger partial charge in [0.1, 0.15) is 18.1 Å². The van der Waals surface area contributed by atoms with E-state index in [0.717, 1.165) is 5.56 Å². The van der Waals surface area contributed by atoms with Gasteiger partial charge in [0.05, 0.1) is 6.10 Å². The van der Waals surface area contributed by atoms with Crippen molar-refractivity contribution >= 4 is 11.8 Å². The molecule has 154 valence electrons. The second-order valence-corrected chi connectivity index (χ2v) is 6.90. The Bertz CT molecular complexity index is 986. The van der Waals surface area contributed by atoms with Crippen molar-refractivity contribution < 1.29 is 19.1 Å². The molecule has 0 bridgehead atoms. The lowest BCUT2D eigenvalue weighted by Crippen LogP contribution is -2.41. The number of amides is 2. The molecule has 0 unspecified atom stereocenters. The van der Waals surface area contributed by atoms with Crippen LogP contribution >= 0.6 is 0 Å². The molecule has 6 heteroatoms. The molecule has 0 fully saturated rings. The molecule has 0 aliphatic heterocycles. The Morgan fingerprint density at radius 1 is 0.767 bits per heavy atom. The van der Waals surface area contributed by atoms with E-state index in [-0.39, 0.29) is 6.10 Å². The van der Waals surface area contributed by atoms with Gasteiger partial charge in [0, 0.05) is 11.1 Å². The zero-order valence-electron chi connectivity index (χ0n) is 16.9. The van der Waals surface area contributed by atoms with E-state index in [1.807, 2.05) is 44.2 Å². The van der Waals surface area contributed by atoms with Crippen LogP contribution in [0.5, 0.6) is 11.5 Å². The van der Waals surface area contributed by atoms with Crippen molar-refractivity contribution in [1.82, 2.24) is 10.9 Å². The lowest BCUT2D eigenvalue weighted by molar-refractivity contribution is 0.0846. The van der Waals surface area contributed by atoms with E-state index >= 15 is 0 Å². The van der Waals surface area contributed by atoms with Crippen LogP contribution in [-0.2, 0) is 6.61 Å². The Morgan fingerprint density at radius 2 is 1.43 bits per heavy atom. The maximum Gasteiger partial charge on any atom is 0.269 e. The summed E-state index contributed by atoms with van der Waals surface area (Å²) in [7, 11) is 0. The highest BCUT2D eigenvalue weighted by atomic mass is 16.5. The first-order valence-electron chi connectivity index (χ1n) is 9.65. The molecule has 6 nitrogen and oxygen atoms in total. The molecule has 0 atom stereocenters. The fourth-order valence-corrected chi connectivity index (χ4v) is 2.68. The molecule has 0 heterocycles. The van der Waals surface area contributed by atoms with Gasteiger partial charge in [-0.15, -0.1) is 0 Å². The third-order valence-corrected chi connectivity index (χ3v) is 4.12. The number of hydrogen-bond acceptors (Lipinski definition) is 4. The first-order valence-corrected chi connectivity index (χ1v) is 9.65.